The van der Waals surface area contributed by atoms with Gasteiger partial charge in [-0.15, -0.1) is 0 Å². The fraction of sp³-hybridized carbons (Fsp3) is 0.529. The van der Waals surface area contributed by atoms with Crippen LogP contribution in [0.25, 0.3) is 0 Å². The molecule has 0 unspecified atom stereocenters. The number of hydrogen-bond acceptors (Lipinski definition) is 3. The molecule has 1 aromatic carbocycles. The Morgan fingerprint density at radius 2 is 2.05 bits per heavy atom. The highest BCUT2D eigenvalue weighted by atomic mass is 16.3. The molecule has 0 aliphatic carbocycles. The summed E-state index contributed by atoms with van der Waals surface area (Å²) >= 11 is 0. The number of amides is 2. The third-order valence-corrected chi connectivity index (χ3v) is 4.11. The Labute approximate surface area is 131 Å². The Bertz CT molecular complexity index is 518. The SMILES string of the molecule is CC(=O)N1CCC[C@@H]1C(=O)N[C@@H](C)C[C@@H](O)c1ccccc1. The first kappa shape index (κ1) is 16.5. The van der Waals surface area contributed by atoms with E-state index in [1.54, 1.807) is 4.90 Å². The van der Waals surface area contributed by atoms with E-state index < -0.39 is 6.10 Å². The summed E-state index contributed by atoms with van der Waals surface area (Å²) in [6.07, 6.45) is 1.41. The maximum absolute atomic E-state index is 12.3. The molecule has 2 amide bonds. The first-order chi connectivity index (χ1) is 10.5. The Morgan fingerprint density at radius 1 is 1.36 bits per heavy atom. The quantitative estimate of drug-likeness (QED) is 0.868. The second-order valence-electron chi connectivity index (χ2n) is 5.94. The van der Waals surface area contributed by atoms with Crippen molar-refractivity contribution in [1.29, 1.82) is 0 Å². The molecular formula is C17H24N2O3. The lowest BCUT2D eigenvalue weighted by Gasteiger charge is -2.25. The van der Waals surface area contributed by atoms with Gasteiger partial charge in [0.25, 0.3) is 0 Å². The Kier molecular flexibility index (Phi) is 5.55. The van der Waals surface area contributed by atoms with Gasteiger partial charge < -0.3 is 15.3 Å². The molecule has 1 saturated heterocycles. The first-order valence-electron chi connectivity index (χ1n) is 7.79. The molecular weight excluding hydrogens is 280 g/mol. The van der Waals surface area contributed by atoms with Crippen molar-refractivity contribution >= 4 is 11.8 Å². The van der Waals surface area contributed by atoms with Crippen LogP contribution in [0.5, 0.6) is 0 Å². The predicted molar refractivity (Wildman–Crippen MR) is 84.0 cm³/mol. The molecule has 1 aliphatic heterocycles. The summed E-state index contributed by atoms with van der Waals surface area (Å²) in [5.41, 5.74) is 0.842. The van der Waals surface area contributed by atoms with Crippen LogP contribution in [0.3, 0.4) is 0 Å². The van der Waals surface area contributed by atoms with Crippen LogP contribution in [0.2, 0.25) is 0 Å². The van der Waals surface area contributed by atoms with E-state index in [9.17, 15) is 14.7 Å². The van der Waals surface area contributed by atoms with E-state index in [4.69, 9.17) is 0 Å². The van der Waals surface area contributed by atoms with Crippen molar-refractivity contribution in [3.8, 4) is 0 Å². The smallest absolute Gasteiger partial charge is 0.243 e. The van der Waals surface area contributed by atoms with Gasteiger partial charge in [-0.05, 0) is 31.7 Å². The van der Waals surface area contributed by atoms with Crippen molar-refractivity contribution in [3.05, 3.63) is 35.9 Å². The monoisotopic (exact) mass is 304 g/mol. The summed E-state index contributed by atoms with van der Waals surface area (Å²) in [5.74, 6) is -0.185. The third-order valence-electron chi connectivity index (χ3n) is 4.11. The second kappa shape index (κ2) is 7.40. The van der Waals surface area contributed by atoms with Gasteiger partial charge in [0.15, 0.2) is 0 Å². The number of nitrogens with one attached hydrogen (secondary N) is 1. The molecule has 0 radical (unpaired) electrons. The van der Waals surface area contributed by atoms with Gasteiger partial charge in [0.2, 0.25) is 11.8 Å². The van der Waals surface area contributed by atoms with Crippen LogP contribution in [-0.4, -0.2) is 40.4 Å². The van der Waals surface area contributed by atoms with E-state index in [2.05, 4.69) is 5.32 Å². The highest BCUT2D eigenvalue weighted by molar-refractivity contribution is 5.87. The first-order valence-corrected chi connectivity index (χ1v) is 7.79. The number of aliphatic hydroxyl groups excluding tert-OH is 1. The molecule has 1 aromatic rings. The van der Waals surface area contributed by atoms with Crippen LogP contribution >= 0.6 is 0 Å². The van der Waals surface area contributed by atoms with Crippen molar-refractivity contribution in [2.75, 3.05) is 6.54 Å². The molecule has 0 bridgehead atoms. The topological polar surface area (TPSA) is 69.6 Å². The largest absolute Gasteiger partial charge is 0.388 e. The van der Waals surface area contributed by atoms with Gasteiger partial charge in [-0.3, -0.25) is 9.59 Å². The molecule has 5 nitrogen and oxygen atoms in total. The molecule has 22 heavy (non-hydrogen) atoms. The highest BCUT2D eigenvalue weighted by Crippen LogP contribution is 2.20. The fourth-order valence-electron chi connectivity index (χ4n) is 2.96. The summed E-state index contributed by atoms with van der Waals surface area (Å²) in [6, 6.07) is 8.88. The van der Waals surface area contributed by atoms with Crippen molar-refractivity contribution < 1.29 is 14.7 Å². The summed E-state index contributed by atoms with van der Waals surface area (Å²) < 4.78 is 0. The number of carbonyl (C=O) groups is 2. The van der Waals surface area contributed by atoms with E-state index in [-0.39, 0.29) is 23.9 Å². The van der Waals surface area contributed by atoms with Crippen LogP contribution in [-0.2, 0) is 9.59 Å². The summed E-state index contributed by atoms with van der Waals surface area (Å²) in [6.45, 7) is 4.01. The van der Waals surface area contributed by atoms with Crippen LogP contribution in [0.15, 0.2) is 30.3 Å². The van der Waals surface area contributed by atoms with Gasteiger partial charge >= 0.3 is 0 Å². The summed E-state index contributed by atoms with van der Waals surface area (Å²) in [5, 5.41) is 13.1. The number of nitrogens with zero attached hydrogens (tertiary/aromatic N) is 1. The van der Waals surface area contributed by atoms with Crippen molar-refractivity contribution in [3.63, 3.8) is 0 Å². The summed E-state index contributed by atoms with van der Waals surface area (Å²) in [4.78, 5) is 25.4. The van der Waals surface area contributed by atoms with Gasteiger partial charge in [0.05, 0.1) is 6.10 Å². The zero-order valence-electron chi connectivity index (χ0n) is 13.2. The van der Waals surface area contributed by atoms with E-state index in [1.165, 1.54) is 6.92 Å². The van der Waals surface area contributed by atoms with Gasteiger partial charge in [0.1, 0.15) is 6.04 Å². The van der Waals surface area contributed by atoms with Crippen molar-refractivity contribution in [2.45, 2.75) is 51.3 Å². The van der Waals surface area contributed by atoms with Crippen LogP contribution in [0.1, 0.15) is 44.8 Å². The Hall–Kier alpha value is -1.88. The number of carbonyl (C=O) groups excluding carboxylic acids is 2. The number of likely N-dealkylation sites (tertiary alicyclic amines) is 1. The molecule has 2 N–H and O–H groups in total. The standard InChI is InChI=1S/C17H24N2O3/c1-12(11-16(21)14-7-4-3-5-8-14)18-17(22)15-9-6-10-19(15)13(2)20/h3-5,7-8,12,15-16,21H,6,9-11H2,1-2H3,(H,18,22)/t12-,15+,16+/m0/s1. The normalized spacial score (nSPS) is 20.5. The second-order valence-corrected chi connectivity index (χ2v) is 5.94. The molecule has 3 atom stereocenters. The van der Waals surface area contributed by atoms with E-state index in [0.29, 0.717) is 19.4 Å². The van der Waals surface area contributed by atoms with E-state index in [1.807, 2.05) is 37.3 Å². The molecule has 1 fully saturated rings. The van der Waals surface area contributed by atoms with Gasteiger partial charge in [-0.2, -0.15) is 0 Å². The lowest BCUT2D eigenvalue weighted by molar-refractivity contribution is -0.137. The number of rotatable bonds is 5. The average molecular weight is 304 g/mol. The molecule has 0 saturated carbocycles. The maximum atomic E-state index is 12.3. The lowest BCUT2D eigenvalue weighted by Crippen LogP contribution is -2.47. The molecule has 0 spiro atoms. The molecule has 2 rings (SSSR count). The summed E-state index contributed by atoms with van der Waals surface area (Å²) in [7, 11) is 0. The minimum absolute atomic E-state index is 0.0605. The minimum atomic E-state index is -0.607. The lowest BCUT2D eigenvalue weighted by atomic mass is 10.0. The van der Waals surface area contributed by atoms with E-state index >= 15 is 0 Å². The maximum Gasteiger partial charge on any atom is 0.243 e. The number of aliphatic hydroxyl groups is 1. The number of benzene rings is 1. The Balaban J connectivity index is 1.87. The molecule has 120 valence electrons. The van der Waals surface area contributed by atoms with Crippen LogP contribution in [0.4, 0.5) is 0 Å². The zero-order valence-corrected chi connectivity index (χ0v) is 13.2. The fourth-order valence-corrected chi connectivity index (χ4v) is 2.96. The van der Waals surface area contributed by atoms with E-state index in [0.717, 1.165) is 12.0 Å². The average Bonchev–Trinajstić information content (AvgIpc) is 2.97. The molecule has 1 heterocycles. The highest BCUT2D eigenvalue weighted by Gasteiger charge is 2.32. The van der Waals surface area contributed by atoms with Crippen LogP contribution in [0, 0.1) is 0 Å². The third kappa shape index (κ3) is 4.07. The number of hydrogen-bond donors (Lipinski definition) is 2. The Morgan fingerprint density at radius 3 is 2.68 bits per heavy atom. The van der Waals surface area contributed by atoms with Crippen molar-refractivity contribution in [1.82, 2.24) is 10.2 Å². The van der Waals surface area contributed by atoms with Gasteiger partial charge in [-0.1, -0.05) is 30.3 Å². The molecule has 5 heteroatoms. The van der Waals surface area contributed by atoms with Crippen LogP contribution < -0.4 is 5.32 Å². The van der Waals surface area contributed by atoms with Gasteiger partial charge in [-0.25, -0.2) is 0 Å². The zero-order chi connectivity index (χ0) is 16.1. The van der Waals surface area contributed by atoms with Gasteiger partial charge in [0, 0.05) is 19.5 Å². The molecule has 0 aromatic heterocycles. The molecule has 1 aliphatic rings. The minimum Gasteiger partial charge on any atom is -0.388 e. The predicted octanol–water partition coefficient (Wildman–Crippen LogP) is 1.63. The van der Waals surface area contributed by atoms with Crippen molar-refractivity contribution in [2.24, 2.45) is 0 Å².